The minimum atomic E-state index is 0.217. The quantitative estimate of drug-likeness (QED) is 0.762. The SMILES string of the molecule is C/C=C/CN1CCn2nc(CCC(=O)N3CCOCC3)cc2C1. The Morgan fingerprint density at radius 3 is 2.91 bits per heavy atom. The fourth-order valence-electron chi connectivity index (χ4n) is 3.12. The Labute approximate surface area is 137 Å². The van der Waals surface area contributed by atoms with Crippen molar-refractivity contribution >= 4 is 5.91 Å². The van der Waals surface area contributed by atoms with Gasteiger partial charge in [0.25, 0.3) is 0 Å². The zero-order valence-electron chi connectivity index (χ0n) is 13.9. The summed E-state index contributed by atoms with van der Waals surface area (Å²) in [6.45, 7) is 8.71. The van der Waals surface area contributed by atoms with Crippen LogP contribution >= 0.6 is 0 Å². The minimum absolute atomic E-state index is 0.217. The lowest BCUT2D eigenvalue weighted by atomic mass is 10.2. The van der Waals surface area contributed by atoms with Gasteiger partial charge in [-0.15, -0.1) is 0 Å². The Kier molecular flexibility index (Phi) is 5.46. The first-order chi connectivity index (χ1) is 11.3. The van der Waals surface area contributed by atoms with E-state index in [1.54, 1.807) is 0 Å². The molecule has 6 nitrogen and oxygen atoms in total. The van der Waals surface area contributed by atoms with Gasteiger partial charge >= 0.3 is 0 Å². The molecule has 2 aliphatic rings. The molecule has 1 amide bonds. The van der Waals surface area contributed by atoms with Crippen LogP contribution < -0.4 is 0 Å². The molecule has 3 heterocycles. The van der Waals surface area contributed by atoms with Crippen molar-refractivity contribution in [2.45, 2.75) is 32.9 Å². The molecule has 126 valence electrons. The molecule has 1 aromatic heterocycles. The Morgan fingerprint density at radius 2 is 2.13 bits per heavy atom. The number of fused-ring (bicyclic) bond motifs is 1. The second kappa shape index (κ2) is 7.75. The highest BCUT2D eigenvalue weighted by Gasteiger charge is 2.20. The molecular weight excluding hydrogens is 292 g/mol. The molecule has 0 aromatic carbocycles. The molecular formula is C17H26N4O2. The van der Waals surface area contributed by atoms with E-state index < -0.39 is 0 Å². The van der Waals surface area contributed by atoms with Crippen molar-refractivity contribution in [1.29, 1.82) is 0 Å². The van der Waals surface area contributed by atoms with Crippen LogP contribution in [-0.4, -0.2) is 64.9 Å². The third kappa shape index (κ3) is 4.20. The van der Waals surface area contributed by atoms with Crippen molar-refractivity contribution in [2.75, 3.05) is 39.4 Å². The molecule has 0 radical (unpaired) electrons. The van der Waals surface area contributed by atoms with Crippen LogP contribution in [0.5, 0.6) is 0 Å². The fraction of sp³-hybridized carbons (Fsp3) is 0.647. The standard InChI is InChI=1S/C17H26N4O2/c1-2-3-6-19-7-8-21-16(14-19)13-15(18-21)4-5-17(22)20-9-11-23-12-10-20/h2-3,13H,4-12,14H2,1H3/b3-2+. The number of aromatic nitrogens is 2. The van der Waals surface area contributed by atoms with E-state index in [0.717, 1.165) is 51.4 Å². The van der Waals surface area contributed by atoms with E-state index in [2.05, 4.69) is 39.8 Å². The first-order valence-electron chi connectivity index (χ1n) is 8.51. The fourth-order valence-corrected chi connectivity index (χ4v) is 3.12. The number of rotatable bonds is 5. The Balaban J connectivity index is 1.52. The van der Waals surface area contributed by atoms with Crippen LogP contribution in [0.4, 0.5) is 0 Å². The van der Waals surface area contributed by atoms with Crippen molar-refractivity contribution in [3.63, 3.8) is 0 Å². The topological polar surface area (TPSA) is 50.6 Å². The summed E-state index contributed by atoms with van der Waals surface area (Å²) in [7, 11) is 0. The summed E-state index contributed by atoms with van der Waals surface area (Å²) in [4.78, 5) is 16.5. The van der Waals surface area contributed by atoms with E-state index in [9.17, 15) is 4.79 Å². The number of ether oxygens (including phenoxy) is 1. The van der Waals surface area contributed by atoms with E-state index in [4.69, 9.17) is 4.74 Å². The Morgan fingerprint density at radius 1 is 1.30 bits per heavy atom. The molecule has 0 saturated carbocycles. The summed E-state index contributed by atoms with van der Waals surface area (Å²) in [5, 5.41) is 4.66. The first-order valence-corrected chi connectivity index (χ1v) is 8.51. The summed E-state index contributed by atoms with van der Waals surface area (Å²) in [6, 6.07) is 2.16. The maximum Gasteiger partial charge on any atom is 0.223 e. The zero-order chi connectivity index (χ0) is 16.1. The average molecular weight is 318 g/mol. The van der Waals surface area contributed by atoms with E-state index in [-0.39, 0.29) is 5.91 Å². The highest BCUT2D eigenvalue weighted by Crippen LogP contribution is 2.15. The number of morpholine rings is 1. The Bertz CT molecular complexity index is 561. The van der Waals surface area contributed by atoms with Crippen LogP contribution in [0.1, 0.15) is 24.7 Å². The average Bonchev–Trinajstić information content (AvgIpc) is 3.00. The monoisotopic (exact) mass is 318 g/mol. The number of amides is 1. The van der Waals surface area contributed by atoms with Crippen LogP contribution in [0.25, 0.3) is 0 Å². The molecule has 1 saturated heterocycles. The van der Waals surface area contributed by atoms with Crippen molar-refractivity contribution < 1.29 is 9.53 Å². The number of nitrogens with zero attached hydrogens (tertiary/aromatic N) is 4. The minimum Gasteiger partial charge on any atom is -0.378 e. The van der Waals surface area contributed by atoms with E-state index in [0.29, 0.717) is 19.6 Å². The lowest BCUT2D eigenvalue weighted by molar-refractivity contribution is -0.135. The normalized spacial score (nSPS) is 19.3. The number of carbonyl (C=O) groups is 1. The van der Waals surface area contributed by atoms with Gasteiger partial charge in [0.1, 0.15) is 0 Å². The van der Waals surface area contributed by atoms with Crippen molar-refractivity contribution in [1.82, 2.24) is 19.6 Å². The zero-order valence-corrected chi connectivity index (χ0v) is 13.9. The van der Waals surface area contributed by atoms with Gasteiger partial charge in [-0.2, -0.15) is 5.10 Å². The van der Waals surface area contributed by atoms with Gasteiger partial charge in [-0.3, -0.25) is 14.4 Å². The summed E-state index contributed by atoms with van der Waals surface area (Å²) >= 11 is 0. The molecule has 0 bridgehead atoms. The van der Waals surface area contributed by atoms with Crippen molar-refractivity contribution in [2.24, 2.45) is 0 Å². The molecule has 2 aliphatic heterocycles. The van der Waals surface area contributed by atoms with Crippen molar-refractivity contribution in [3.8, 4) is 0 Å². The van der Waals surface area contributed by atoms with Gasteiger partial charge in [-0.1, -0.05) is 12.2 Å². The highest BCUT2D eigenvalue weighted by molar-refractivity contribution is 5.76. The van der Waals surface area contributed by atoms with Crippen LogP contribution in [0, 0.1) is 0 Å². The second-order valence-electron chi connectivity index (χ2n) is 6.15. The smallest absolute Gasteiger partial charge is 0.223 e. The molecule has 6 heteroatoms. The van der Waals surface area contributed by atoms with Gasteiger partial charge in [-0.05, 0) is 13.0 Å². The van der Waals surface area contributed by atoms with Gasteiger partial charge < -0.3 is 9.64 Å². The van der Waals surface area contributed by atoms with Gasteiger partial charge in [0, 0.05) is 45.6 Å². The van der Waals surface area contributed by atoms with E-state index in [1.807, 2.05) is 4.90 Å². The Hall–Kier alpha value is -1.66. The van der Waals surface area contributed by atoms with Gasteiger partial charge in [0.05, 0.1) is 31.1 Å². The predicted octanol–water partition coefficient (Wildman–Crippen LogP) is 1.07. The van der Waals surface area contributed by atoms with Crippen LogP contribution in [0.2, 0.25) is 0 Å². The molecule has 0 spiro atoms. The summed E-state index contributed by atoms with van der Waals surface area (Å²) < 4.78 is 7.38. The lowest BCUT2D eigenvalue weighted by Gasteiger charge is -2.26. The maximum absolute atomic E-state index is 12.2. The van der Waals surface area contributed by atoms with Gasteiger partial charge in [-0.25, -0.2) is 0 Å². The van der Waals surface area contributed by atoms with Crippen LogP contribution in [0.15, 0.2) is 18.2 Å². The molecule has 1 aromatic rings. The molecule has 0 aliphatic carbocycles. The molecule has 0 N–H and O–H groups in total. The third-order valence-corrected chi connectivity index (χ3v) is 4.49. The van der Waals surface area contributed by atoms with E-state index >= 15 is 0 Å². The molecule has 0 atom stereocenters. The highest BCUT2D eigenvalue weighted by atomic mass is 16.5. The number of carbonyl (C=O) groups excluding carboxylic acids is 1. The molecule has 1 fully saturated rings. The number of hydrogen-bond donors (Lipinski definition) is 0. The van der Waals surface area contributed by atoms with Crippen LogP contribution in [0.3, 0.4) is 0 Å². The summed E-state index contributed by atoms with van der Waals surface area (Å²) in [5.41, 5.74) is 2.30. The van der Waals surface area contributed by atoms with Gasteiger partial charge in [0.15, 0.2) is 0 Å². The maximum atomic E-state index is 12.2. The number of allylic oxidation sites excluding steroid dienone is 1. The molecule has 23 heavy (non-hydrogen) atoms. The third-order valence-electron chi connectivity index (χ3n) is 4.49. The second-order valence-corrected chi connectivity index (χ2v) is 6.15. The largest absolute Gasteiger partial charge is 0.378 e. The predicted molar refractivity (Wildman–Crippen MR) is 88.0 cm³/mol. The molecule has 3 rings (SSSR count). The number of hydrogen-bond acceptors (Lipinski definition) is 4. The van der Waals surface area contributed by atoms with Crippen molar-refractivity contribution in [3.05, 3.63) is 29.6 Å². The van der Waals surface area contributed by atoms with Crippen LogP contribution in [-0.2, 0) is 29.0 Å². The first kappa shape index (κ1) is 16.2. The molecule has 0 unspecified atom stereocenters. The lowest BCUT2D eigenvalue weighted by Crippen LogP contribution is -2.40. The van der Waals surface area contributed by atoms with Gasteiger partial charge in [0.2, 0.25) is 5.91 Å². The van der Waals surface area contributed by atoms with E-state index in [1.165, 1.54) is 5.69 Å². The summed E-state index contributed by atoms with van der Waals surface area (Å²) in [6.07, 6.45) is 5.55. The number of aryl methyl sites for hydroxylation is 1. The summed E-state index contributed by atoms with van der Waals surface area (Å²) in [5.74, 6) is 0.217.